The zero-order valence-corrected chi connectivity index (χ0v) is 14.1. The summed E-state index contributed by atoms with van der Waals surface area (Å²) in [7, 11) is 0. The Kier molecular flexibility index (Phi) is 5.49. The lowest BCUT2D eigenvalue weighted by Gasteiger charge is -2.02. The Balaban J connectivity index is 2.11. The van der Waals surface area contributed by atoms with Crippen LogP contribution >= 0.6 is 11.6 Å². The molecule has 0 saturated carbocycles. The van der Waals surface area contributed by atoms with E-state index in [1.165, 1.54) is 0 Å². The Morgan fingerprint density at radius 2 is 1.95 bits per heavy atom. The molecule has 22 heavy (non-hydrogen) atoms. The van der Waals surface area contributed by atoms with E-state index in [1.54, 1.807) is 6.21 Å². The third-order valence-corrected chi connectivity index (χ3v) is 3.57. The molecule has 0 amide bonds. The smallest absolute Gasteiger partial charge is 0.243 e. The molecule has 0 bridgehead atoms. The fraction of sp³-hybridized carbons (Fsp3) is 0.467. The van der Waals surface area contributed by atoms with Gasteiger partial charge in [0.05, 0.1) is 17.5 Å². The summed E-state index contributed by atoms with van der Waals surface area (Å²) in [5, 5.41) is 9.22. The topological polar surface area (TPSA) is 68.0 Å². The van der Waals surface area contributed by atoms with Crippen LogP contribution in [0.1, 0.15) is 42.4 Å². The highest BCUT2D eigenvalue weighted by atomic mass is 35.5. The van der Waals surface area contributed by atoms with E-state index in [1.807, 2.05) is 31.5 Å². The van der Waals surface area contributed by atoms with Gasteiger partial charge in [-0.15, -0.1) is 0 Å². The van der Waals surface area contributed by atoms with Gasteiger partial charge in [0.2, 0.25) is 5.95 Å². The maximum absolute atomic E-state index is 6.35. The predicted octanol–water partition coefficient (Wildman–Crippen LogP) is 3.50. The van der Waals surface area contributed by atoms with E-state index >= 15 is 0 Å². The van der Waals surface area contributed by atoms with Gasteiger partial charge in [-0.2, -0.15) is 10.2 Å². The predicted molar refractivity (Wildman–Crippen MR) is 89.6 cm³/mol. The molecule has 118 valence electrons. The van der Waals surface area contributed by atoms with Crippen molar-refractivity contribution in [2.75, 3.05) is 5.43 Å². The molecule has 2 heterocycles. The van der Waals surface area contributed by atoms with Gasteiger partial charge in [0.1, 0.15) is 5.15 Å². The fourth-order valence-corrected chi connectivity index (χ4v) is 2.41. The third kappa shape index (κ3) is 4.04. The first kappa shape index (κ1) is 16.4. The van der Waals surface area contributed by atoms with Gasteiger partial charge < -0.3 is 0 Å². The van der Waals surface area contributed by atoms with E-state index < -0.39 is 0 Å². The lowest BCUT2D eigenvalue weighted by Crippen LogP contribution is -2.00. The van der Waals surface area contributed by atoms with Crippen LogP contribution in [0.4, 0.5) is 5.95 Å². The SMILES string of the molecule is CCCCn1nc(C)c(/C=N\Nc2nc(C)cc(C)n2)c1Cl. The quantitative estimate of drug-likeness (QED) is 0.653. The molecular formula is C15H21ClN6. The molecule has 0 unspecified atom stereocenters. The summed E-state index contributed by atoms with van der Waals surface area (Å²) in [5.41, 5.74) is 6.29. The van der Waals surface area contributed by atoms with Crippen LogP contribution in [0, 0.1) is 20.8 Å². The van der Waals surface area contributed by atoms with Gasteiger partial charge in [0, 0.05) is 17.9 Å². The average Bonchev–Trinajstić information content (AvgIpc) is 2.71. The normalized spacial score (nSPS) is 11.3. The summed E-state index contributed by atoms with van der Waals surface area (Å²) < 4.78 is 1.81. The monoisotopic (exact) mass is 320 g/mol. The molecule has 0 saturated heterocycles. The van der Waals surface area contributed by atoms with Gasteiger partial charge in [0.15, 0.2) is 0 Å². The van der Waals surface area contributed by atoms with Gasteiger partial charge >= 0.3 is 0 Å². The number of rotatable bonds is 6. The number of hydrogen-bond donors (Lipinski definition) is 1. The van der Waals surface area contributed by atoms with Gasteiger partial charge in [-0.25, -0.2) is 15.4 Å². The second kappa shape index (κ2) is 7.35. The first-order chi connectivity index (χ1) is 10.5. The standard InChI is InChI=1S/C15H21ClN6/c1-5-6-7-22-14(16)13(12(4)21-22)9-17-20-15-18-10(2)8-11(3)19-15/h8-9H,5-7H2,1-4H3,(H,18,19,20)/b17-9-. The molecule has 0 spiro atoms. The van der Waals surface area contributed by atoms with Crippen LogP contribution in [-0.4, -0.2) is 26.0 Å². The van der Waals surface area contributed by atoms with Crippen LogP contribution in [-0.2, 0) is 6.54 Å². The zero-order valence-electron chi connectivity index (χ0n) is 13.4. The van der Waals surface area contributed by atoms with E-state index in [-0.39, 0.29) is 0 Å². The van der Waals surface area contributed by atoms with E-state index in [4.69, 9.17) is 11.6 Å². The van der Waals surface area contributed by atoms with Crippen molar-refractivity contribution in [3.05, 3.63) is 33.9 Å². The Labute approximate surface area is 135 Å². The molecule has 0 aromatic carbocycles. The molecule has 7 heteroatoms. The maximum atomic E-state index is 6.35. The Bertz CT molecular complexity index is 657. The minimum Gasteiger partial charge on any atom is -0.253 e. The van der Waals surface area contributed by atoms with Crippen LogP contribution in [0.2, 0.25) is 5.15 Å². The summed E-state index contributed by atoms with van der Waals surface area (Å²) in [6, 6.07) is 1.91. The number of halogens is 1. The van der Waals surface area contributed by atoms with E-state index in [0.717, 1.165) is 42.0 Å². The molecule has 0 radical (unpaired) electrons. The number of unbranched alkanes of at least 4 members (excludes halogenated alkanes) is 1. The number of hydrogen-bond acceptors (Lipinski definition) is 5. The van der Waals surface area contributed by atoms with Gasteiger partial charge in [-0.3, -0.25) is 4.68 Å². The van der Waals surface area contributed by atoms with Gasteiger partial charge in [-0.1, -0.05) is 24.9 Å². The summed E-state index contributed by atoms with van der Waals surface area (Å²) in [4.78, 5) is 8.53. The van der Waals surface area contributed by atoms with Crippen molar-refractivity contribution in [1.82, 2.24) is 19.7 Å². The molecule has 2 rings (SSSR count). The second-order valence-electron chi connectivity index (χ2n) is 5.21. The van der Waals surface area contributed by atoms with Gasteiger partial charge in [0.25, 0.3) is 0 Å². The fourth-order valence-electron chi connectivity index (χ4n) is 2.10. The molecular weight excluding hydrogens is 300 g/mol. The third-order valence-electron chi connectivity index (χ3n) is 3.17. The minimum absolute atomic E-state index is 0.473. The second-order valence-corrected chi connectivity index (χ2v) is 5.57. The Hall–Kier alpha value is -1.95. The first-order valence-corrected chi connectivity index (χ1v) is 7.73. The van der Waals surface area contributed by atoms with Crippen molar-refractivity contribution >= 4 is 23.8 Å². The van der Waals surface area contributed by atoms with Gasteiger partial charge in [-0.05, 0) is 33.3 Å². The van der Waals surface area contributed by atoms with Crippen LogP contribution < -0.4 is 5.43 Å². The molecule has 0 atom stereocenters. The highest BCUT2D eigenvalue weighted by Gasteiger charge is 2.11. The molecule has 2 aromatic rings. The number of aromatic nitrogens is 4. The van der Waals surface area contributed by atoms with Crippen LogP contribution in [0.3, 0.4) is 0 Å². The molecule has 2 aromatic heterocycles. The Morgan fingerprint density at radius 3 is 2.59 bits per heavy atom. The summed E-state index contributed by atoms with van der Waals surface area (Å²) in [5.74, 6) is 0.473. The number of aryl methyl sites for hydroxylation is 4. The first-order valence-electron chi connectivity index (χ1n) is 7.35. The van der Waals surface area contributed by atoms with Crippen LogP contribution in [0.15, 0.2) is 11.2 Å². The van der Waals surface area contributed by atoms with Crippen molar-refractivity contribution in [2.24, 2.45) is 5.10 Å². The number of anilines is 1. The summed E-state index contributed by atoms with van der Waals surface area (Å²) >= 11 is 6.35. The minimum atomic E-state index is 0.473. The van der Waals surface area contributed by atoms with E-state index in [9.17, 15) is 0 Å². The lowest BCUT2D eigenvalue weighted by molar-refractivity contribution is 0.569. The van der Waals surface area contributed by atoms with E-state index in [2.05, 4.69) is 32.5 Å². The number of hydrazone groups is 1. The largest absolute Gasteiger partial charge is 0.253 e. The average molecular weight is 321 g/mol. The summed E-state index contributed by atoms with van der Waals surface area (Å²) in [6.45, 7) is 8.71. The maximum Gasteiger partial charge on any atom is 0.243 e. The van der Waals surface area contributed by atoms with Crippen LogP contribution in [0.5, 0.6) is 0 Å². The van der Waals surface area contributed by atoms with Crippen LogP contribution in [0.25, 0.3) is 0 Å². The molecule has 0 aliphatic rings. The molecule has 1 N–H and O–H groups in total. The number of nitrogens with one attached hydrogen (secondary N) is 1. The molecule has 0 fully saturated rings. The van der Waals surface area contributed by atoms with Crippen molar-refractivity contribution in [1.29, 1.82) is 0 Å². The molecule has 6 nitrogen and oxygen atoms in total. The highest BCUT2D eigenvalue weighted by molar-refractivity contribution is 6.32. The molecule has 0 aliphatic carbocycles. The van der Waals surface area contributed by atoms with Crippen molar-refractivity contribution in [2.45, 2.75) is 47.1 Å². The highest BCUT2D eigenvalue weighted by Crippen LogP contribution is 2.18. The number of nitrogens with zero attached hydrogens (tertiary/aromatic N) is 5. The summed E-state index contributed by atoms with van der Waals surface area (Å²) in [6.07, 6.45) is 3.81. The van der Waals surface area contributed by atoms with Crippen molar-refractivity contribution < 1.29 is 0 Å². The Morgan fingerprint density at radius 1 is 1.27 bits per heavy atom. The lowest BCUT2D eigenvalue weighted by atomic mass is 10.3. The van der Waals surface area contributed by atoms with Crippen molar-refractivity contribution in [3.8, 4) is 0 Å². The molecule has 0 aliphatic heterocycles. The van der Waals surface area contributed by atoms with E-state index in [0.29, 0.717) is 11.1 Å². The zero-order chi connectivity index (χ0) is 16.1. The van der Waals surface area contributed by atoms with Crippen molar-refractivity contribution in [3.63, 3.8) is 0 Å².